The Kier molecular flexibility index (Phi) is 3.10. The number of fused-ring (bicyclic) bond motifs is 1. The lowest BCUT2D eigenvalue weighted by molar-refractivity contribution is -0.105. The first-order valence-electron chi connectivity index (χ1n) is 7.90. The fourth-order valence-electron chi connectivity index (χ4n) is 4.75. The van der Waals surface area contributed by atoms with Crippen LogP contribution in [0.1, 0.15) is 32.1 Å². The number of aliphatic hydroxyl groups excluding tert-OH is 1. The number of likely N-dealkylation sites (tertiary alicyclic amines) is 1. The fourth-order valence-corrected chi connectivity index (χ4v) is 4.75. The molecule has 0 aromatic carbocycles. The third-order valence-electron chi connectivity index (χ3n) is 5.90. The Hall–Kier alpha value is -0.160. The van der Waals surface area contributed by atoms with Gasteiger partial charge in [-0.05, 0) is 31.6 Å². The van der Waals surface area contributed by atoms with Crippen molar-refractivity contribution in [3.8, 4) is 0 Å². The van der Waals surface area contributed by atoms with Crippen molar-refractivity contribution in [1.29, 1.82) is 0 Å². The maximum Gasteiger partial charge on any atom is 0.0951 e. The second kappa shape index (κ2) is 4.69. The Morgan fingerprint density at radius 3 is 2.84 bits per heavy atom. The molecule has 0 aromatic heterocycles. The Morgan fingerprint density at radius 2 is 2.05 bits per heavy atom. The van der Waals surface area contributed by atoms with E-state index in [1.54, 1.807) is 0 Å². The number of hydrogen-bond acceptors (Lipinski definition) is 4. The standard InChI is InChI=1S/C15H25NO3/c17-14-2-1-11-8-16(9-13(11)14)12-3-5-19-15(7-12)4-6-18-10-15/h11-14,17H,1-10H2. The van der Waals surface area contributed by atoms with Crippen molar-refractivity contribution in [2.75, 3.05) is 32.9 Å². The molecule has 4 rings (SSSR count). The summed E-state index contributed by atoms with van der Waals surface area (Å²) in [4.78, 5) is 2.64. The average Bonchev–Trinajstić information content (AvgIpc) is 3.09. The summed E-state index contributed by atoms with van der Waals surface area (Å²) in [5.74, 6) is 1.28. The number of nitrogens with zero attached hydrogens (tertiary/aromatic N) is 1. The van der Waals surface area contributed by atoms with E-state index in [1.165, 1.54) is 13.0 Å². The predicted octanol–water partition coefficient (Wildman–Crippen LogP) is 1.03. The highest BCUT2D eigenvalue weighted by molar-refractivity contribution is 4.99. The zero-order chi connectivity index (χ0) is 12.9. The second-order valence-electron chi connectivity index (χ2n) is 7.00. The first-order chi connectivity index (χ1) is 9.26. The topological polar surface area (TPSA) is 41.9 Å². The molecule has 4 nitrogen and oxygen atoms in total. The third kappa shape index (κ3) is 2.13. The minimum absolute atomic E-state index is 0.0131. The normalized spacial score (nSPS) is 51.0. The van der Waals surface area contributed by atoms with Crippen molar-refractivity contribution < 1.29 is 14.6 Å². The van der Waals surface area contributed by atoms with E-state index in [-0.39, 0.29) is 11.7 Å². The molecule has 5 unspecified atom stereocenters. The van der Waals surface area contributed by atoms with Crippen LogP contribution in [-0.2, 0) is 9.47 Å². The van der Waals surface area contributed by atoms with Crippen molar-refractivity contribution in [3.05, 3.63) is 0 Å². The van der Waals surface area contributed by atoms with Gasteiger partial charge in [-0.1, -0.05) is 0 Å². The van der Waals surface area contributed by atoms with Crippen molar-refractivity contribution >= 4 is 0 Å². The molecule has 3 aliphatic heterocycles. The highest BCUT2D eigenvalue weighted by atomic mass is 16.6. The molecule has 1 spiro atoms. The Bertz CT molecular complexity index is 342. The lowest BCUT2D eigenvalue weighted by Crippen LogP contribution is -2.49. The van der Waals surface area contributed by atoms with E-state index < -0.39 is 0 Å². The smallest absolute Gasteiger partial charge is 0.0951 e. The highest BCUT2D eigenvalue weighted by Crippen LogP contribution is 2.42. The van der Waals surface area contributed by atoms with E-state index in [9.17, 15) is 5.11 Å². The summed E-state index contributed by atoms with van der Waals surface area (Å²) < 4.78 is 11.6. The number of rotatable bonds is 1. The summed E-state index contributed by atoms with van der Waals surface area (Å²) in [5.41, 5.74) is 0.0131. The van der Waals surface area contributed by atoms with Gasteiger partial charge >= 0.3 is 0 Å². The van der Waals surface area contributed by atoms with Gasteiger partial charge in [0.05, 0.1) is 18.3 Å². The van der Waals surface area contributed by atoms with E-state index in [2.05, 4.69) is 4.90 Å². The van der Waals surface area contributed by atoms with Crippen molar-refractivity contribution in [2.24, 2.45) is 11.8 Å². The summed E-state index contributed by atoms with van der Waals surface area (Å²) in [7, 11) is 0. The predicted molar refractivity (Wildman–Crippen MR) is 70.9 cm³/mol. The molecule has 19 heavy (non-hydrogen) atoms. The molecule has 0 bridgehead atoms. The molecule has 1 N–H and O–H groups in total. The van der Waals surface area contributed by atoms with Gasteiger partial charge in [0, 0.05) is 44.7 Å². The van der Waals surface area contributed by atoms with Crippen LogP contribution in [0.2, 0.25) is 0 Å². The number of hydrogen-bond donors (Lipinski definition) is 1. The van der Waals surface area contributed by atoms with Gasteiger partial charge in [-0.25, -0.2) is 0 Å². The van der Waals surface area contributed by atoms with E-state index in [4.69, 9.17) is 9.47 Å². The molecule has 1 aliphatic carbocycles. The second-order valence-corrected chi connectivity index (χ2v) is 7.00. The molecular weight excluding hydrogens is 242 g/mol. The molecule has 3 heterocycles. The van der Waals surface area contributed by atoms with Crippen LogP contribution in [0.5, 0.6) is 0 Å². The molecule has 1 saturated carbocycles. The van der Waals surface area contributed by atoms with Crippen LogP contribution < -0.4 is 0 Å². The molecule has 4 heteroatoms. The van der Waals surface area contributed by atoms with Crippen LogP contribution in [0, 0.1) is 11.8 Å². The van der Waals surface area contributed by atoms with Crippen LogP contribution >= 0.6 is 0 Å². The van der Waals surface area contributed by atoms with Gasteiger partial charge in [0.15, 0.2) is 0 Å². The van der Waals surface area contributed by atoms with Crippen molar-refractivity contribution in [2.45, 2.75) is 49.9 Å². The van der Waals surface area contributed by atoms with E-state index >= 15 is 0 Å². The summed E-state index contributed by atoms with van der Waals surface area (Å²) in [6.45, 7) is 4.82. The molecule has 0 aromatic rings. The minimum Gasteiger partial charge on any atom is -0.393 e. The van der Waals surface area contributed by atoms with Crippen molar-refractivity contribution in [3.63, 3.8) is 0 Å². The van der Waals surface area contributed by atoms with Crippen molar-refractivity contribution in [1.82, 2.24) is 4.90 Å². The molecule has 0 amide bonds. The van der Waals surface area contributed by atoms with E-state index in [0.717, 1.165) is 58.0 Å². The summed E-state index contributed by atoms with van der Waals surface area (Å²) in [5, 5.41) is 10.0. The Balaban J connectivity index is 1.42. The maximum absolute atomic E-state index is 10.0. The van der Waals surface area contributed by atoms with Gasteiger partial charge in [0.2, 0.25) is 0 Å². The van der Waals surface area contributed by atoms with Gasteiger partial charge in [-0.3, -0.25) is 4.90 Å². The quantitative estimate of drug-likeness (QED) is 0.770. The average molecular weight is 267 g/mol. The lowest BCUT2D eigenvalue weighted by atomic mass is 9.89. The lowest BCUT2D eigenvalue weighted by Gasteiger charge is -2.41. The minimum atomic E-state index is -0.0429. The Labute approximate surface area is 115 Å². The van der Waals surface area contributed by atoms with Crippen LogP contribution in [-0.4, -0.2) is 60.7 Å². The zero-order valence-corrected chi connectivity index (χ0v) is 11.6. The molecule has 0 radical (unpaired) electrons. The van der Waals surface area contributed by atoms with Gasteiger partial charge in [-0.15, -0.1) is 0 Å². The van der Waals surface area contributed by atoms with Gasteiger partial charge < -0.3 is 14.6 Å². The zero-order valence-electron chi connectivity index (χ0n) is 11.6. The number of aliphatic hydroxyl groups is 1. The largest absolute Gasteiger partial charge is 0.393 e. The van der Waals surface area contributed by atoms with Crippen LogP contribution in [0.25, 0.3) is 0 Å². The fraction of sp³-hybridized carbons (Fsp3) is 1.00. The highest BCUT2D eigenvalue weighted by Gasteiger charge is 2.47. The van der Waals surface area contributed by atoms with Crippen LogP contribution in [0.15, 0.2) is 0 Å². The van der Waals surface area contributed by atoms with Gasteiger partial charge in [-0.2, -0.15) is 0 Å². The summed E-state index contributed by atoms with van der Waals surface area (Å²) in [6, 6.07) is 0.647. The van der Waals surface area contributed by atoms with Gasteiger partial charge in [0.1, 0.15) is 0 Å². The maximum atomic E-state index is 10.0. The number of ether oxygens (including phenoxy) is 2. The Morgan fingerprint density at radius 1 is 1.11 bits per heavy atom. The molecule has 4 fully saturated rings. The van der Waals surface area contributed by atoms with Crippen LogP contribution in [0.4, 0.5) is 0 Å². The first-order valence-corrected chi connectivity index (χ1v) is 7.90. The third-order valence-corrected chi connectivity index (χ3v) is 5.90. The monoisotopic (exact) mass is 267 g/mol. The summed E-state index contributed by atoms with van der Waals surface area (Å²) in [6.07, 6.45) is 5.54. The van der Waals surface area contributed by atoms with Crippen LogP contribution in [0.3, 0.4) is 0 Å². The van der Waals surface area contributed by atoms with E-state index in [0.29, 0.717) is 12.0 Å². The molecule has 4 aliphatic rings. The van der Waals surface area contributed by atoms with Gasteiger partial charge in [0.25, 0.3) is 0 Å². The molecule has 3 saturated heterocycles. The molecule has 108 valence electrons. The molecular formula is C15H25NO3. The molecule has 5 atom stereocenters. The first kappa shape index (κ1) is 12.6. The van der Waals surface area contributed by atoms with E-state index in [1.807, 2.05) is 0 Å². The SMILES string of the molecule is OC1CCC2CN(C3CCOC4(CCOC4)C3)CC12. The summed E-state index contributed by atoms with van der Waals surface area (Å²) >= 11 is 0.